The fraction of sp³-hybridized carbons (Fsp3) is 0.385. The highest BCUT2D eigenvalue weighted by Crippen LogP contribution is 2.22. The van der Waals surface area contributed by atoms with Gasteiger partial charge >= 0.3 is 5.97 Å². The Morgan fingerprint density at radius 1 is 1.42 bits per heavy atom. The number of methoxy groups -OCH3 is 1. The molecule has 0 aliphatic heterocycles. The monoisotopic (exact) mass is 266 g/mol. The van der Waals surface area contributed by atoms with E-state index in [4.69, 9.17) is 15.6 Å². The molecular formula is C13H18N2O4. The fourth-order valence-electron chi connectivity index (χ4n) is 1.61. The first kappa shape index (κ1) is 15.0. The molecule has 0 spiro atoms. The van der Waals surface area contributed by atoms with E-state index in [1.165, 1.54) is 7.11 Å². The van der Waals surface area contributed by atoms with Gasteiger partial charge in [0.25, 0.3) is 0 Å². The van der Waals surface area contributed by atoms with Gasteiger partial charge in [-0.3, -0.25) is 14.5 Å². The molecule has 0 amide bonds. The van der Waals surface area contributed by atoms with Gasteiger partial charge in [-0.05, 0) is 25.2 Å². The van der Waals surface area contributed by atoms with Gasteiger partial charge in [0.1, 0.15) is 5.75 Å². The molecule has 6 heteroatoms. The molecule has 6 nitrogen and oxygen atoms in total. The number of hydrogen-bond donors (Lipinski definition) is 2. The van der Waals surface area contributed by atoms with Crippen LogP contribution >= 0.6 is 0 Å². The second-order valence-corrected chi connectivity index (χ2v) is 4.26. The highest BCUT2D eigenvalue weighted by molar-refractivity contribution is 5.98. The number of nitrogen functional groups attached to an aromatic ring is 1. The topological polar surface area (TPSA) is 92.9 Å². The maximum absolute atomic E-state index is 12.0. The van der Waals surface area contributed by atoms with Crippen molar-refractivity contribution in [3.63, 3.8) is 0 Å². The molecule has 3 N–H and O–H groups in total. The fourth-order valence-corrected chi connectivity index (χ4v) is 1.61. The summed E-state index contributed by atoms with van der Waals surface area (Å²) in [5, 5.41) is 8.57. The van der Waals surface area contributed by atoms with Crippen LogP contribution in [-0.2, 0) is 4.79 Å². The number of Topliss-reactive ketones (excluding diaryl/α,β-unsaturated/α-hetero) is 1. The van der Waals surface area contributed by atoms with Gasteiger partial charge in [-0.1, -0.05) is 0 Å². The lowest BCUT2D eigenvalue weighted by atomic mass is 10.1. The van der Waals surface area contributed by atoms with Gasteiger partial charge in [0, 0.05) is 12.1 Å². The summed E-state index contributed by atoms with van der Waals surface area (Å²) in [5.74, 6) is -0.467. The summed E-state index contributed by atoms with van der Waals surface area (Å²) >= 11 is 0. The predicted molar refractivity (Wildman–Crippen MR) is 71.5 cm³/mol. The lowest BCUT2D eigenvalue weighted by Crippen LogP contribution is -2.28. The number of hydrogen-bond acceptors (Lipinski definition) is 5. The summed E-state index contributed by atoms with van der Waals surface area (Å²) in [6.07, 6.45) is 0.00846. The van der Waals surface area contributed by atoms with Gasteiger partial charge in [-0.15, -0.1) is 0 Å². The third kappa shape index (κ3) is 4.59. The Kier molecular flexibility index (Phi) is 5.32. The van der Waals surface area contributed by atoms with Crippen molar-refractivity contribution in [2.24, 2.45) is 0 Å². The number of nitrogens with two attached hydrogens (primary N) is 1. The summed E-state index contributed by atoms with van der Waals surface area (Å²) in [6, 6.07) is 4.84. The Hall–Kier alpha value is -2.08. The Labute approximate surface area is 111 Å². The highest BCUT2D eigenvalue weighted by Gasteiger charge is 2.12. The maximum Gasteiger partial charge on any atom is 0.304 e. The second kappa shape index (κ2) is 6.75. The van der Waals surface area contributed by atoms with Crippen LogP contribution < -0.4 is 10.5 Å². The van der Waals surface area contributed by atoms with Crippen molar-refractivity contribution in [3.8, 4) is 5.75 Å². The van der Waals surface area contributed by atoms with Crippen LogP contribution in [0.25, 0.3) is 0 Å². The van der Waals surface area contributed by atoms with E-state index in [1.54, 1.807) is 30.1 Å². The van der Waals surface area contributed by atoms with Gasteiger partial charge in [0.2, 0.25) is 0 Å². The number of rotatable bonds is 7. The first-order valence-electron chi connectivity index (χ1n) is 5.81. The van der Waals surface area contributed by atoms with E-state index in [2.05, 4.69) is 0 Å². The molecule has 1 aromatic carbocycles. The first-order valence-corrected chi connectivity index (χ1v) is 5.81. The molecule has 0 unspecified atom stereocenters. The van der Waals surface area contributed by atoms with Crippen LogP contribution in [0.2, 0.25) is 0 Å². The van der Waals surface area contributed by atoms with Crippen LogP contribution in [0.5, 0.6) is 5.75 Å². The Morgan fingerprint density at radius 3 is 2.63 bits per heavy atom. The van der Waals surface area contributed by atoms with E-state index >= 15 is 0 Å². The zero-order valence-electron chi connectivity index (χ0n) is 11.0. The smallest absolute Gasteiger partial charge is 0.304 e. The molecule has 0 aliphatic rings. The molecule has 0 bridgehead atoms. The SMILES string of the molecule is COc1ccc(C(=O)CN(C)CCC(=O)O)cc1N. The molecule has 0 heterocycles. The van der Waals surface area contributed by atoms with Crippen molar-refractivity contribution in [1.29, 1.82) is 0 Å². The molecule has 1 aromatic rings. The quantitative estimate of drug-likeness (QED) is 0.562. The molecule has 0 aliphatic carbocycles. The van der Waals surface area contributed by atoms with E-state index in [0.29, 0.717) is 23.5 Å². The van der Waals surface area contributed by atoms with Crippen molar-refractivity contribution in [1.82, 2.24) is 4.90 Å². The Balaban J connectivity index is 2.62. The summed E-state index contributed by atoms with van der Waals surface area (Å²) in [7, 11) is 3.21. The largest absolute Gasteiger partial charge is 0.495 e. The van der Waals surface area contributed by atoms with Crippen molar-refractivity contribution < 1.29 is 19.4 Å². The molecule has 0 saturated heterocycles. The minimum atomic E-state index is -0.881. The van der Waals surface area contributed by atoms with Gasteiger partial charge in [-0.2, -0.15) is 0 Å². The first-order chi connectivity index (χ1) is 8.93. The van der Waals surface area contributed by atoms with Gasteiger partial charge in [0.05, 0.1) is 25.8 Å². The number of ether oxygens (including phenoxy) is 1. The molecule has 0 radical (unpaired) electrons. The van der Waals surface area contributed by atoms with Crippen molar-refractivity contribution >= 4 is 17.4 Å². The van der Waals surface area contributed by atoms with Crippen LogP contribution in [0.15, 0.2) is 18.2 Å². The zero-order chi connectivity index (χ0) is 14.4. The summed E-state index contributed by atoms with van der Waals surface area (Å²) < 4.78 is 5.01. The van der Waals surface area contributed by atoms with Crippen LogP contribution in [0, 0.1) is 0 Å². The average Bonchev–Trinajstić information content (AvgIpc) is 2.36. The number of benzene rings is 1. The summed E-state index contributed by atoms with van der Waals surface area (Å²) in [6.45, 7) is 0.478. The number of likely N-dealkylation sites (N-methyl/N-ethyl adjacent to an activating group) is 1. The van der Waals surface area contributed by atoms with Gasteiger partial charge in [0.15, 0.2) is 5.78 Å². The van der Waals surface area contributed by atoms with E-state index in [0.717, 1.165) is 0 Å². The number of anilines is 1. The molecule has 0 aromatic heterocycles. The molecule has 1 rings (SSSR count). The number of carboxylic acids is 1. The Bertz CT molecular complexity index is 474. The minimum Gasteiger partial charge on any atom is -0.495 e. The van der Waals surface area contributed by atoms with E-state index < -0.39 is 5.97 Å². The highest BCUT2D eigenvalue weighted by atomic mass is 16.5. The van der Waals surface area contributed by atoms with E-state index in [-0.39, 0.29) is 18.7 Å². The number of ketones is 1. The third-order valence-electron chi connectivity index (χ3n) is 2.67. The standard InChI is InChI=1S/C13H18N2O4/c1-15(6-5-13(17)18)8-11(16)9-3-4-12(19-2)10(14)7-9/h3-4,7H,5-6,8,14H2,1-2H3,(H,17,18). The number of carbonyl (C=O) groups is 2. The zero-order valence-corrected chi connectivity index (χ0v) is 11.0. The molecule has 0 atom stereocenters. The van der Waals surface area contributed by atoms with Crippen molar-refractivity contribution in [2.45, 2.75) is 6.42 Å². The lowest BCUT2D eigenvalue weighted by Gasteiger charge is -2.14. The molecular weight excluding hydrogens is 248 g/mol. The van der Waals surface area contributed by atoms with Crippen LogP contribution in [0.4, 0.5) is 5.69 Å². The number of carboxylic acid groups (broad SMARTS) is 1. The minimum absolute atomic E-state index is 0.00846. The van der Waals surface area contributed by atoms with Gasteiger partial charge in [-0.25, -0.2) is 0 Å². The molecule has 0 saturated carbocycles. The second-order valence-electron chi connectivity index (χ2n) is 4.26. The van der Waals surface area contributed by atoms with Crippen LogP contribution in [-0.4, -0.2) is 49.0 Å². The number of carbonyl (C=O) groups excluding carboxylic acids is 1. The van der Waals surface area contributed by atoms with Crippen LogP contribution in [0.1, 0.15) is 16.8 Å². The van der Waals surface area contributed by atoms with Gasteiger partial charge < -0.3 is 15.6 Å². The molecule has 0 fully saturated rings. The molecule has 104 valence electrons. The van der Waals surface area contributed by atoms with Crippen molar-refractivity contribution in [3.05, 3.63) is 23.8 Å². The number of nitrogens with zero attached hydrogens (tertiary/aromatic N) is 1. The summed E-state index contributed by atoms with van der Waals surface area (Å²) in [4.78, 5) is 24.1. The third-order valence-corrected chi connectivity index (χ3v) is 2.67. The van der Waals surface area contributed by atoms with Crippen LogP contribution in [0.3, 0.4) is 0 Å². The van der Waals surface area contributed by atoms with Crippen molar-refractivity contribution in [2.75, 3.05) is 33.0 Å². The Morgan fingerprint density at radius 2 is 2.11 bits per heavy atom. The lowest BCUT2D eigenvalue weighted by molar-refractivity contribution is -0.137. The predicted octanol–water partition coefficient (Wildman–Crippen LogP) is 0.867. The maximum atomic E-state index is 12.0. The number of aliphatic carboxylic acids is 1. The normalized spacial score (nSPS) is 10.5. The van der Waals surface area contributed by atoms with E-state index in [9.17, 15) is 9.59 Å². The average molecular weight is 266 g/mol. The summed E-state index contributed by atoms with van der Waals surface area (Å²) in [5.41, 5.74) is 6.62. The van der Waals surface area contributed by atoms with E-state index in [1.807, 2.05) is 0 Å². The molecule has 19 heavy (non-hydrogen) atoms.